The van der Waals surface area contributed by atoms with Crippen LogP contribution in [-0.2, 0) is 4.79 Å². The van der Waals surface area contributed by atoms with Crippen LogP contribution in [0.25, 0.3) is 0 Å². The summed E-state index contributed by atoms with van der Waals surface area (Å²) >= 11 is 0. The van der Waals surface area contributed by atoms with Crippen LogP contribution in [0.1, 0.15) is 40.5 Å². The first-order valence-electron chi connectivity index (χ1n) is 7.01. The predicted octanol–water partition coefficient (Wildman–Crippen LogP) is 1.04. The van der Waals surface area contributed by atoms with E-state index < -0.39 is 29.5 Å². The van der Waals surface area contributed by atoms with Gasteiger partial charge in [0.15, 0.2) is 5.78 Å². The largest absolute Gasteiger partial charge is 0.389 e. The van der Waals surface area contributed by atoms with E-state index >= 15 is 0 Å². The fraction of sp³-hybridized carbons (Fsp3) is 0.800. The highest BCUT2D eigenvalue weighted by Gasteiger charge is 2.54. The summed E-state index contributed by atoms with van der Waals surface area (Å²) < 4.78 is 0. The van der Waals surface area contributed by atoms with Gasteiger partial charge in [0, 0.05) is 5.41 Å². The quantitative estimate of drug-likeness (QED) is 0.664. The first kappa shape index (κ1) is 14.7. The summed E-state index contributed by atoms with van der Waals surface area (Å²) in [5.41, 5.74) is 0.376. The van der Waals surface area contributed by atoms with Gasteiger partial charge in [0.05, 0.1) is 12.2 Å². The van der Waals surface area contributed by atoms with Crippen molar-refractivity contribution in [2.45, 2.75) is 58.8 Å². The van der Waals surface area contributed by atoms with E-state index in [1.165, 1.54) is 0 Å². The first-order chi connectivity index (χ1) is 8.71. The standard InChI is InChI=1S/C15H24O4/c1-7(2)9-5-6-15(4)10(12(9)17)8(3)11(16)13(18)14(15)19/h7,9,12-14,17-19H,5-6H2,1-4H3. The molecular weight excluding hydrogens is 244 g/mol. The van der Waals surface area contributed by atoms with Crippen LogP contribution in [0, 0.1) is 17.3 Å². The van der Waals surface area contributed by atoms with Crippen molar-refractivity contribution < 1.29 is 20.1 Å². The molecule has 1 saturated carbocycles. The first-order valence-corrected chi connectivity index (χ1v) is 7.01. The number of fused-ring (bicyclic) bond motifs is 1. The average molecular weight is 268 g/mol. The van der Waals surface area contributed by atoms with Crippen LogP contribution in [0.4, 0.5) is 0 Å². The molecule has 0 aromatic rings. The number of carbonyl (C=O) groups excluding carboxylic acids is 1. The number of Topliss-reactive ketones (excluding diaryl/α,β-unsaturated/α-hetero) is 1. The number of hydrogen-bond donors (Lipinski definition) is 3. The lowest BCUT2D eigenvalue weighted by Crippen LogP contribution is -2.56. The number of rotatable bonds is 1. The minimum atomic E-state index is -1.36. The van der Waals surface area contributed by atoms with Crippen LogP contribution in [0.2, 0.25) is 0 Å². The maximum Gasteiger partial charge on any atom is 0.189 e. The van der Waals surface area contributed by atoms with E-state index in [4.69, 9.17) is 0 Å². The molecule has 0 aliphatic heterocycles. The molecule has 19 heavy (non-hydrogen) atoms. The second-order valence-corrected chi connectivity index (χ2v) is 6.60. The Hall–Kier alpha value is -0.710. The van der Waals surface area contributed by atoms with E-state index in [2.05, 4.69) is 13.8 Å². The Labute approximate surface area is 114 Å². The lowest BCUT2D eigenvalue weighted by atomic mass is 9.57. The van der Waals surface area contributed by atoms with E-state index in [1.54, 1.807) is 6.92 Å². The summed E-state index contributed by atoms with van der Waals surface area (Å²) in [4.78, 5) is 12.0. The van der Waals surface area contributed by atoms with Crippen molar-refractivity contribution in [2.75, 3.05) is 0 Å². The molecule has 3 N–H and O–H groups in total. The molecule has 0 amide bonds. The van der Waals surface area contributed by atoms with Gasteiger partial charge < -0.3 is 15.3 Å². The zero-order valence-corrected chi connectivity index (χ0v) is 12.1. The van der Waals surface area contributed by atoms with E-state index in [1.807, 2.05) is 6.92 Å². The monoisotopic (exact) mass is 268 g/mol. The van der Waals surface area contributed by atoms with Crippen molar-refractivity contribution in [3.8, 4) is 0 Å². The summed E-state index contributed by atoms with van der Waals surface area (Å²) in [5.74, 6) is -0.0318. The van der Waals surface area contributed by atoms with E-state index in [9.17, 15) is 20.1 Å². The molecule has 0 heterocycles. The van der Waals surface area contributed by atoms with Gasteiger partial charge >= 0.3 is 0 Å². The van der Waals surface area contributed by atoms with Gasteiger partial charge in [0.2, 0.25) is 0 Å². The van der Waals surface area contributed by atoms with Gasteiger partial charge in [0.1, 0.15) is 6.10 Å². The molecule has 0 radical (unpaired) electrons. The summed E-state index contributed by atoms with van der Waals surface area (Å²) in [6.45, 7) is 7.60. The number of aliphatic hydroxyl groups excluding tert-OH is 3. The molecule has 0 aromatic heterocycles. The molecule has 4 heteroatoms. The third-order valence-electron chi connectivity index (χ3n) is 5.16. The Morgan fingerprint density at radius 1 is 1.21 bits per heavy atom. The van der Waals surface area contributed by atoms with Gasteiger partial charge in [-0.2, -0.15) is 0 Å². The van der Waals surface area contributed by atoms with Crippen LogP contribution < -0.4 is 0 Å². The van der Waals surface area contributed by atoms with E-state index in [0.717, 1.165) is 6.42 Å². The van der Waals surface area contributed by atoms with E-state index in [0.29, 0.717) is 23.5 Å². The third-order valence-corrected chi connectivity index (χ3v) is 5.16. The van der Waals surface area contributed by atoms with Crippen molar-refractivity contribution >= 4 is 5.78 Å². The Morgan fingerprint density at radius 2 is 1.79 bits per heavy atom. The number of carbonyl (C=O) groups is 1. The van der Waals surface area contributed by atoms with Crippen LogP contribution >= 0.6 is 0 Å². The third kappa shape index (κ3) is 1.97. The molecular formula is C15H24O4. The normalized spacial score (nSPS) is 43.7. The Morgan fingerprint density at radius 3 is 2.32 bits per heavy atom. The Bertz CT molecular complexity index is 426. The topological polar surface area (TPSA) is 77.8 Å². The van der Waals surface area contributed by atoms with Gasteiger partial charge in [-0.25, -0.2) is 0 Å². The number of hydrogen-bond acceptors (Lipinski definition) is 4. The highest BCUT2D eigenvalue weighted by Crippen LogP contribution is 2.51. The number of ketones is 1. The van der Waals surface area contributed by atoms with Gasteiger partial charge in [-0.15, -0.1) is 0 Å². The van der Waals surface area contributed by atoms with Crippen molar-refractivity contribution in [3.63, 3.8) is 0 Å². The molecule has 5 unspecified atom stereocenters. The minimum absolute atomic E-state index is 0.105. The highest BCUT2D eigenvalue weighted by molar-refractivity contribution is 6.01. The predicted molar refractivity (Wildman–Crippen MR) is 71.4 cm³/mol. The molecule has 0 bridgehead atoms. The summed E-state index contributed by atoms with van der Waals surface area (Å²) in [7, 11) is 0. The summed E-state index contributed by atoms with van der Waals surface area (Å²) in [6, 6.07) is 0. The Kier molecular flexibility index (Phi) is 3.62. The van der Waals surface area contributed by atoms with Crippen molar-refractivity contribution in [2.24, 2.45) is 17.3 Å². The molecule has 2 aliphatic rings. The fourth-order valence-electron chi connectivity index (χ4n) is 3.81. The van der Waals surface area contributed by atoms with Crippen molar-refractivity contribution in [1.82, 2.24) is 0 Å². The molecule has 2 rings (SSSR count). The lowest BCUT2D eigenvalue weighted by molar-refractivity contribution is -0.141. The van der Waals surface area contributed by atoms with Crippen molar-refractivity contribution in [3.05, 3.63) is 11.1 Å². The van der Waals surface area contributed by atoms with Crippen LogP contribution in [-0.4, -0.2) is 39.4 Å². The highest BCUT2D eigenvalue weighted by atomic mass is 16.3. The molecule has 108 valence electrons. The molecule has 1 fully saturated rings. The zero-order chi connectivity index (χ0) is 14.5. The second kappa shape index (κ2) is 4.69. The van der Waals surface area contributed by atoms with Crippen LogP contribution in [0.5, 0.6) is 0 Å². The number of aliphatic hydroxyl groups is 3. The maximum absolute atomic E-state index is 12.0. The molecule has 4 nitrogen and oxygen atoms in total. The maximum atomic E-state index is 12.0. The second-order valence-electron chi connectivity index (χ2n) is 6.60. The van der Waals surface area contributed by atoms with E-state index in [-0.39, 0.29) is 5.92 Å². The van der Waals surface area contributed by atoms with Crippen LogP contribution in [0.3, 0.4) is 0 Å². The molecule has 0 spiro atoms. The SMILES string of the molecule is CC1=C2C(O)C(C(C)C)CCC2(C)C(O)C(O)C1=O. The minimum Gasteiger partial charge on any atom is -0.389 e. The van der Waals surface area contributed by atoms with Crippen LogP contribution in [0.15, 0.2) is 11.1 Å². The average Bonchev–Trinajstić information content (AvgIpc) is 2.33. The lowest BCUT2D eigenvalue weighted by Gasteiger charge is -2.50. The molecule has 2 aliphatic carbocycles. The fourth-order valence-corrected chi connectivity index (χ4v) is 3.81. The van der Waals surface area contributed by atoms with Gasteiger partial charge in [-0.3, -0.25) is 4.79 Å². The molecule has 5 atom stereocenters. The Balaban J connectivity index is 2.52. The van der Waals surface area contributed by atoms with Crippen molar-refractivity contribution in [1.29, 1.82) is 0 Å². The van der Waals surface area contributed by atoms with Gasteiger partial charge in [-0.05, 0) is 42.7 Å². The smallest absolute Gasteiger partial charge is 0.189 e. The van der Waals surface area contributed by atoms with Gasteiger partial charge in [-0.1, -0.05) is 20.8 Å². The summed E-state index contributed by atoms with van der Waals surface area (Å²) in [6.07, 6.45) is -1.71. The summed E-state index contributed by atoms with van der Waals surface area (Å²) in [5, 5.41) is 30.7. The molecule has 0 aromatic carbocycles. The molecule has 0 saturated heterocycles. The van der Waals surface area contributed by atoms with Gasteiger partial charge in [0.25, 0.3) is 0 Å². The zero-order valence-electron chi connectivity index (χ0n) is 12.1.